The Labute approximate surface area is 377 Å². The molecular formula is C50H55N7O8. The number of fused-ring (bicyclic) bond motifs is 6. The van der Waals surface area contributed by atoms with Crippen LogP contribution in [0.1, 0.15) is 74.6 Å². The minimum Gasteiger partial charge on any atom is -0.488 e. The predicted octanol–water partition coefficient (Wildman–Crippen LogP) is 7.81. The highest BCUT2D eigenvalue weighted by Crippen LogP contribution is 2.45. The molecule has 9 rings (SSSR count). The second-order valence-corrected chi connectivity index (χ2v) is 17.8. The van der Waals surface area contributed by atoms with Gasteiger partial charge in [-0.25, -0.2) is 14.6 Å². The minimum atomic E-state index is -0.928. The van der Waals surface area contributed by atoms with Gasteiger partial charge in [0.1, 0.15) is 30.3 Å². The number of nitrogens with one attached hydrogen (secondary N) is 3. The molecule has 65 heavy (non-hydrogen) atoms. The molecule has 1 aromatic heterocycles. The third-order valence-corrected chi connectivity index (χ3v) is 13.4. The van der Waals surface area contributed by atoms with Gasteiger partial charge < -0.3 is 44.4 Å². The maximum atomic E-state index is 14.4. The van der Waals surface area contributed by atoms with Gasteiger partial charge in [-0.3, -0.25) is 14.6 Å². The second kappa shape index (κ2) is 18.0. The van der Waals surface area contributed by atoms with Gasteiger partial charge in [-0.2, -0.15) is 0 Å². The van der Waals surface area contributed by atoms with Gasteiger partial charge in [0.15, 0.2) is 0 Å². The van der Waals surface area contributed by atoms with Crippen molar-refractivity contribution in [1.29, 1.82) is 0 Å². The van der Waals surface area contributed by atoms with Crippen LogP contribution >= 0.6 is 0 Å². The van der Waals surface area contributed by atoms with E-state index in [0.29, 0.717) is 44.0 Å². The SMILES string of the molecule is COC[C@H]1C[C@@H](C2=Nc3ccc4cc5c(cc4c3C2)OCc2cc(-c3cnc([C@@H]4CC[C@H](C)N4C(=O)C(NC(=O)OC)C(C)C)[nH]3)ccc2-5)N(C(=O)[C@H](NC(=O)OC)c2ccccc2)C1. The molecular weight excluding hydrogens is 827 g/mol. The largest absolute Gasteiger partial charge is 0.488 e. The summed E-state index contributed by atoms with van der Waals surface area (Å²) >= 11 is 0. The van der Waals surface area contributed by atoms with E-state index in [1.54, 1.807) is 7.11 Å². The average Bonchev–Trinajstić information content (AvgIpc) is 4.15. The first-order valence-electron chi connectivity index (χ1n) is 22.3. The van der Waals surface area contributed by atoms with E-state index in [0.717, 1.165) is 74.3 Å². The van der Waals surface area contributed by atoms with Crippen molar-refractivity contribution in [2.45, 2.75) is 83.3 Å². The number of aromatic amines is 1. The second-order valence-electron chi connectivity index (χ2n) is 17.8. The average molecular weight is 882 g/mol. The van der Waals surface area contributed by atoms with Crippen molar-refractivity contribution >= 4 is 46.2 Å². The number of nitrogens with zero attached hydrogens (tertiary/aromatic N) is 4. The van der Waals surface area contributed by atoms with Crippen LogP contribution in [-0.4, -0.2) is 102 Å². The number of likely N-dealkylation sites (tertiary alicyclic amines) is 2. The van der Waals surface area contributed by atoms with Crippen LogP contribution < -0.4 is 15.4 Å². The van der Waals surface area contributed by atoms with E-state index in [1.165, 1.54) is 14.2 Å². The van der Waals surface area contributed by atoms with Crippen LogP contribution in [0.3, 0.4) is 0 Å². The fourth-order valence-electron chi connectivity index (χ4n) is 10.1. The number of alkyl carbamates (subject to hydrolysis) is 2. The molecule has 5 aromatic rings. The van der Waals surface area contributed by atoms with E-state index in [4.69, 9.17) is 28.9 Å². The molecule has 0 bridgehead atoms. The van der Waals surface area contributed by atoms with Crippen molar-refractivity contribution < 1.29 is 38.1 Å². The highest BCUT2D eigenvalue weighted by Gasteiger charge is 2.43. The molecule has 15 nitrogen and oxygen atoms in total. The summed E-state index contributed by atoms with van der Waals surface area (Å²) in [6, 6.07) is 21.8. The number of carbonyl (C=O) groups is 4. The molecule has 6 atom stereocenters. The first kappa shape index (κ1) is 43.5. The van der Waals surface area contributed by atoms with Crippen LogP contribution in [-0.2, 0) is 36.8 Å². The summed E-state index contributed by atoms with van der Waals surface area (Å²) in [5.41, 5.74) is 8.47. The molecule has 0 spiro atoms. The molecule has 4 aliphatic rings. The molecule has 1 unspecified atom stereocenters. The van der Waals surface area contributed by atoms with Crippen molar-refractivity contribution in [2.75, 3.05) is 34.5 Å². The number of rotatable bonds is 11. The molecule has 15 heteroatoms. The summed E-state index contributed by atoms with van der Waals surface area (Å²) in [5, 5.41) is 7.62. The van der Waals surface area contributed by atoms with E-state index in [1.807, 2.05) is 67.1 Å². The monoisotopic (exact) mass is 881 g/mol. The maximum Gasteiger partial charge on any atom is 0.407 e. The van der Waals surface area contributed by atoms with E-state index in [2.05, 4.69) is 58.1 Å². The van der Waals surface area contributed by atoms with E-state index < -0.39 is 24.3 Å². The van der Waals surface area contributed by atoms with Crippen molar-refractivity contribution in [1.82, 2.24) is 30.4 Å². The first-order chi connectivity index (χ1) is 31.5. The van der Waals surface area contributed by atoms with Crippen molar-refractivity contribution in [2.24, 2.45) is 16.8 Å². The third kappa shape index (κ3) is 8.29. The van der Waals surface area contributed by atoms with Crippen molar-refractivity contribution in [3.05, 3.63) is 102 Å². The fraction of sp³-hybridized carbons (Fsp3) is 0.400. The zero-order valence-corrected chi connectivity index (χ0v) is 37.6. The summed E-state index contributed by atoms with van der Waals surface area (Å²) in [4.78, 5) is 70.1. The molecule has 3 N–H and O–H groups in total. The van der Waals surface area contributed by atoms with Crippen molar-refractivity contribution in [3.8, 4) is 28.1 Å². The lowest BCUT2D eigenvalue weighted by Crippen LogP contribution is -2.52. The van der Waals surface area contributed by atoms with Crippen molar-refractivity contribution in [3.63, 3.8) is 0 Å². The standard InChI is InChI=1S/C50H55N7O8/c1-27(2)44(54-49(60)63-5)48(59)57-28(3)12-17-41(57)46-51-23-40(53-46)32-13-15-34-33(19-32)26-65-43-22-35-31(20-37(34)43)14-16-38-36(35)21-39(52-38)42-18-29(25-62-4)24-56(42)47(58)45(55-50(61)64-6)30-10-8-7-9-11-30/h7-11,13-16,19-20,22-23,27-29,41-42,44-45H,12,17-18,21,24-26H2,1-6H3,(H,51,53)(H,54,60)(H,55,61)/t28-,29-,41-,42-,44?,45+/m0/s1. The number of ether oxygens (including phenoxy) is 4. The molecule has 4 amide bonds. The number of aromatic nitrogens is 2. The van der Waals surface area contributed by atoms with Crippen LogP contribution in [0.25, 0.3) is 33.2 Å². The Kier molecular flexibility index (Phi) is 12.1. The summed E-state index contributed by atoms with van der Waals surface area (Å²) in [6.07, 6.45) is 3.33. The minimum absolute atomic E-state index is 0.0203. The van der Waals surface area contributed by atoms with Gasteiger partial charge in [0, 0.05) is 43.3 Å². The lowest BCUT2D eigenvalue weighted by Gasteiger charge is -2.32. The van der Waals surface area contributed by atoms with Crippen LogP contribution in [0.15, 0.2) is 84.0 Å². The summed E-state index contributed by atoms with van der Waals surface area (Å²) in [6.45, 7) is 7.20. The summed E-state index contributed by atoms with van der Waals surface area (Å²) in [5.74, 6) is 1.09. The Bertz CT molecular complexity index is 2680. The molecule has 0 radical (unpaired) electrons. The van der Waals surface area contributed by atoms with Crippen LogP contribution in [0.2, 0.25) is 0 Å². The predicted molar refractivity (Wildman–Crippen MR) is 245 cm³/mol. The fourth-order valence-corrected chi connectivity index (χ4v) is 10.1. The highest BCUT2D eigenvalue weighted by atomic mass is 16.5. The van der Waals surface area contributed by atoms with E-state index >= 15 is 0 Å². The number of amides is 4. The Hall–Kier alpha value is -6.74. The molecule has 4 aliphatic heterocycles. The summed E-state index contributed by atoms with van der Waals surface area (Å²) < 4.78 is 21.8. The molecule has 2 fully saturated rings. The quantitative estimate of drug-likeness (QED) is 0.119. The van der Waals surface area contributed by atoms with Gasteiger partial charge >= 0.3 is 12.2 Å². The number of H-pyrrole nitrogens is 1. The Balaban J connectivity index is 0.949. The molecule has 338 valence electrons. The van der Waals surface area contributed by atoms with Gasteiger partial charge in [-0.05, 0) is 95.0 Å². The highest BCUT2D eigenvalue weighted by molar-refractivity contribution is 6.07. The number of benzene rings is 4. The van der Waals surface area contributed by atoms with Gasteiger partial charge in [-0.15, -0.1) is 0 Å². The smallest absolute Gasteiger partial charge is 0.407 e. The first-order valence-corrected chi connectivity index (χ1v) is 22.3. The number of imidazole rings is 1. The van der Waals surface area contributed by atoms with Gasteiger partial charge in [0.05, 0.1) is 50.5 Å². The van der Waals surface area contributed by atoms with Gasteiger partial charge in [0.2, 0.25) is 11.8 Å². The Morgan fingerprint density at radius 2 is 1.68 bits per heavy atom. The normalized spacial score (nSPS) is 20.6. The molecule has 5 heterocycles. The number of aliphatic imine (C=N–C) groups is 1. The summed E-state index contributed by atoms with van der Waals surface area (Å²) in [7, 11) is 4.25. The molecule has 0 aliphatic carbocycles. The van der Waals surface area contributed by atoms with Gasteiger partial charge in [-0.1, -0.05) is 62.4 Å². The van der Waals surface area contributed by atoms with Crippen LogP contribution in [0.5, 0.6) is 5.75 Å². The van der Waals surface area contributed by atoms with E-state index in [9.17, 15) is 19.2 Å². The number of hydrogen-bond donors (Lipinski definition) is 3. The molecule has 0 saturated carbocycles. The van der Waals surface area contributed by atoms with E-state index in [-0.39, 0.29) is 41.8 Å². The number of carbonyl (C=O) groups excluding carboxylic acids is 4. The maximum absolute atomic E-state index is 14.4. The van der Waals surface area contributed by atoms with Crippen LogP contribution in [0, 0.1) is 11.8 Å². The number of hydrogen-bond acceptors (Lipinski definition) is 10. The molecule has 2 saturated heterocycles. The topological polar surface area (TPSA) is 177 Å². The Morgan fingerprint density at radius 3 is 2.43 bits per heavy atom. The lowest BCUT2D eigenvalue weighted by molar-refractivity contribution is -0.137. The third-order valence-electron chi connectivity index (χ3n) is 13.4. The van der Waals surface area contributed by atoms with Gasteiger partial charge in [0.25, 0.3) is 0 Å². The number of methoxy groups -OCH3 is 3. The zero-order chi connectivity index (χ0) is 45.5. The Morgan fingerprint density at radius 1 is 0.892 bits per heavy atom. The van der Waals surface area contributed by atoms with Crippen LogP contribution in [0.4, 0.5) is 15.3 Å². The lowest BCUT2D eigenvalue weighted by atomic mass is 9.90. The molecule has 4 aromatic carbocycles. The zero-order valence-electron chi connectivity index (χ0n) is 37.6.